The van der Waals surface area contributed by atoms with Crippen LogP contribution in [-0.4, -0.2) is 42.7 Å². The van der Waals surface area contributed by atoms with Crippen LogP contribution in [0.15, 0.2) is 41.5 Å². The van der Waals surface area contributed by atoms with Gasteiger partial charge in [-0.3, -0.25) is 19.7 Å². The van der Waals surface area contributed by atoms with Gasteiger partial charge in [0.2, 0.25) is 0 Å². The number of aryl methyl sites for hydroxylation is 2. The second-order valence-corrected chi connectivity index (χ2v) is 8.18. The molecule has 0 aliphatic heterocycles. The number of benzene rings is 2. The fourth-order valence-electron chi connectivity index (χ4n) is 3.28. The van der Waals surface area contributed by atoms with Gasteiger partial charge in [-0.2, -0.15) is 5.10 Å². The Morgan fingerprint density at radius 1 is 1.18 bits per heavy atom. The molecule has 0 aliphatic rings. The van der Waals surface area contributed by atoms with Crippen LogP contribution in [0.4, 0.5) is 5.69 Å². The lowest BCUT2D eigenvalue weighted by Crippen LogP contribution is -2.47. The summed E-state index contributed by atoms with van der Waals surface area (Å²) in [7, 11) is 1.34. The minimum absolute atomic E-state index is 0.119. The van der Waals surface area contributed by atoms with Gasteiger partial charge in [-0.1, -0.05) is 32.0 Å². The minimum Gasteiger partial charge on any atom is -0.490 e. The van der Waals surface area contributed by atoms with Crippen molar-refractivity contribution in [2.75, 3.05) is 13.7 Å². The maximum absolute atomic E-state index is 12.7. The highest BCUT2D eigenvalue weighted by molar-refractivity contribution is 5.89. The Labute approximate surface area is 198 Å². The van der Waals surface area contributed by atoms with E-state index in [-0.39, 0.29) is 24.0 Å². The summed E-state index contributed by atoms with van der Waals surface area (Å²) in [5.41, 5.74) is 4.40. The highest BCUT2D eigenvalue weighted by atomic mass is 16.6. The maximum Gasteiger partial charge on any atom is 0.311 e. The molecule has 2 amide bonds. The fraction of sp³-hybridized carbons (Fsp3) is 0.375. The lowest BCUT2D eigenvalue weighted by molar-refractivity contribution is -0.385. The van der Waals surface area contributed by atoms with E-state index in [2.05, 4.69) is 15.8 Å². The molecule has 0 unspecified atom stereocenters. The first-order valence-electron chi connectivity index (χ1n) is 10.8. The van der Waals surface area contributed by atoms with Crippen LogP contribution in [0, 0.1) is 29.9 Å². The zero-order chi connectivity index (χ0) is 25.3. The molecule has 10 nitrogen and oxygen atoms in total. The summed E-state index contributed by atoms with van der Waals surface area (Å²) in [5, 5.41) is 17.7. The largest absolute Gasteiger partial charge is 0.490 e. The van der Waals surface area contributed by atoms with Crippen LogP contribution >= 0.6 is 0 Å². The number of methoxy groups -OCH3 is 1. The van der Waals surface area contributed by atoms with Gasteiger partial charge in [-0.25, -0.2) is 5.43 Å². The number of hydrazone groups is 1. The molecule has 0 radical (unpaired) electrons. The van der Waals surface area contributed by atoms with Gasteiger partial charge in [0, 0.05) is 11.6 Å². The predicted molar refractivity (Wildman–Crippen MR) is 128 cm³/mol. The molecule has 0 aromatic heterocycles. The average molecular weight is 471 g/mol. The van der Waals surface area contributed by atoms with Crippen LogP contribution in [0.25, 0.3) is 0 Å². The van der Waals surface area contributed by atoms with Crippen LogP contribution in [0.3, 0.4) is 0 Å². The summed E-state index contributed by atoms with van der Waals surface area (Å²) in [6.45, 7) is 7.42. The molecule has 34 heavy (non-hydrogen) atoms. The van der Waals surface area contributed by atoms with Crippen molar-refractivity contribution in [2.24, 2.45) is 11.0 Å². The van der Waals surface area contributed by atoms with Gasteiger partial charge < -0.3 is 14.8 Å². The summed E-state index contributed by atoms with van der Waals surface area (Å²) in [5.74, 6) is -0.0508. The van der Waals surface area contributed by atoms with Crippen molar-refractivity contribution in [2.45, 2.75) is 40.2 Å². The summed E-state index contributed by atoms with van der Waals surface area (Å²) in [4.78, 5) is 35.7. The SMILES string of the molecule is COc1ccc(/C=N\NC(=O)[C@@H](CC(C)C)NC(=O)COc2c(C)cccc2C)cc1[N+](=O)[O-]. The second-order valence-electron chi connectivity index (χ2n) is 8.18. The average Bonchev–Trinajstić information content (AvgIpc) is 2.77. The zero-order valence-corrected chi connectivity index (χ0v) is 20.0. The third-order valence-electron chi connectivity index (χ3n) is 4.90. The normalized spacial score (nSPS) is 11.8. The van der Waals surface area contributed by atoms with Gasteiger partial charge in [0.15, 0.2) is 12.4 Å². The molecule has 0 saturated carbocycles. The molecule has 2 N–H and O–H groups in total. The van der Waals surface area contributed by atoms with Gasteiger partial charge in [-0.15, -0.1) is 0 Å². The monoisotopic (exact) mass is 470 g/mol. The van der Waals surface area contributed by atoms with Crippen molar-refractivity contribution in [3.63, 3.8) is 0 Å². The molecule has 182 valence electrons. The molecule has 10 heteroatoms. The number of amides is 2. The summed E-state index contributed by atoms with van der Waals surface area (Å²) >= 11 is 0. The quantitative estimate of drug-likeness (QED) is 0.294. The van der Waals surface area contributed by atoms with Gasteiger partial charge in [-0.05, 0) is 49.4 Å². The topological polar surface area (TPSA) is 132 Å². The molecule has 0 bridgehead atoms. The molecule has 0 saturated heterocycles. The smallest absolute Gasteiger partial charge is 0.311 e. The number of hydrogen-bond donors (Lipinski definition) is 2. The number of nitrogens with one attached hydrogen (secondary N) is 2. The first kappa shape index (κ1) is 26.3. The number of rotatable bonds is 11. The van der Waals surface area contributed by atoms with Crippen LogP contribution in [0.5, 0.6) is 11.5 Å². The Kier molecular flexibility index (Phi) is 9.54. The summed E-state index contributed by atoms with van der Waals surface area (Å²) < 4.78 is 10.6. The molecule has 0 fully saturated rings. The van der Waals surface area contributed by atoms with Crippen LogP contribution < -0.4 is 20.2 Å². The maximum atomic E-state index is 12.7. The molecule has 2 aromatic carbocycles. The molecular weight excluding hydrogens is 440 g/mol. The van der Waals surface area contributed by atoms with Crippen molar-refractivity contribution in [3.8, 4) is 11.5 Å². The molecule has 2 aromatic rings. The second kappa shape index (κ2) is 12.3. The Bertz CT molecular complexity index is 1050. The molecule has 2 rings (SSSR count). The number of hydrogen-bond acceptors (Lipinski definition) is 7. The van der Waals surface area contributed by atoms with Crippen molar-refractivity contribution < 1.29 is 24.0 Å². The van der Waals surface area contributed by atoms with E-state index in [1.54, 1.807) is 6.07 Å². The number of carbonyl (C=O) groups is 2. The summed E-state index contributed by atoms with van der Waals surface area (Å²) in [6.07, 6.45) is 1.67. The van der Waals surface area contributed by atoms with Crippen LogP contribution in [0.1, 0.15) is 37.0 Å². The standard InChI is InChI=1S/C24H30N4O6/c1-15(2)11-19(26-22(29)14-34-23-16(3)7-6-8-17(23)4)24(30)27-25-13-18-9-10-21(33-5)20(12-18)28(31)32/h6-10,12-13,15,19H,11,14H2,1-5H3,(H,26,29)(H,27,30)/b25-13-/t19-/m1/s1. The molecule has 0 spiro atoms. The number of carbonyl (C=O) groups excluding carboxylic acids is 2. The molecular formula is C24H30N4O6. The van der Waals surface area contributed by atoms with Gasteiger partial charge in [0.05, 0.1) is 18.2 Å². The van der Waals surface area contributed by atoms with Crippen molar-refractivity contribution in [1.29, 1.82) is 0 Å². The Balaban J connectivity index is 2.01. The highest BCUT2D eigenvalue weighted by Gasteiger charge is 2.22. The van der Waals surface area contributed by atoms with Gasteiger partial charge in [0.1, 0.15) is 11.8 Å². The number of nitro groups is 1. The van der Waals surface area contributed by atoms with E-state index in [0.29, 0.717) is 17.7 Å². The van der Waals surface area contributed by atoms with E-state index in [0.717, 1.165) is 11.1 Å². The summed E-state index contributed by atoms with van der Waals surface area (Å²) in [6, 6.07) is 9.17. The van der Waals surface area contributed by atoms with Crippen molar-refractivity contribution in [3.05, 3.63) is 63.2 Å². The Morgan fingerprint density at radius 3 is 2.44 bits per heavy atom. The number of ether oxygens (including phenoxy) is 2. The van der Waals surface area contributed by atoms with E-state index in [9.17, 15) is 19.7 Å². The lowest BCUT2D eigenvalue weighted by atomic mass is 10.0. The Hall–Kier alpha value is -3.95. The zero-order valence-electron chi connectivity index (χ0n) is 20.0. The van der Waals surface area contributed by atoms with E-state index >= 15 is 0 Å². The third-order valence-corrected chi connectivity index (χ3v) is 4.90. The van der Waals surface area contributed by atoms with Gasteiger partial charge in [0.25, 0.3) is 11.8 Å². The Morgan fingerprint density at radius 2 is 1.85 bits per heavy atom. The molecule has 1 atom stereocenters. The molecule has 0 heterocycles. The highest BCUT2D eigenvalue weighted by Crippen LogP contribution is 2.27. The third kappa shape index (κ3) is 7.58. The first-order chi connectivity index (χ1) is 16.1. The minimum atomic E-state index is -0.823. The number of nitro benzene ring substituents is 1. The predicted octanol–water partition coefficient (Wildman–Crippen LogP) is 3.28. The number of para-hydroxylation sites is 1. The molecule has 0 aliphatic carbocycles. The van der Waals surface area contributed by atoms with E-state index in [1.165, 1.54) is 25.5 Å². The van der Waals surface area contributed by atoms with Crippen molar-refractivity contribution in [1.82, 2.24) is 10.7 Å². The van der Waals surface area contributed by atoms with Crippen molar-refractivity contribution >= 4 is 23.7 Å². The van der Waals surface area contributed by atoms with Crippen LogP contribution in [0.2, 0.25) is 0 Å². The van der Waals surface area contributed by atoms with E-state index < -0.39 is 22.8 Å². The number of nitrogens with zero attached hydrogens (tertiary/aromatic N) is 2. The van der Waals surface area contributed by atoms with Gasteiger partial charge >= 0.3 is 5.69 Å². The first-order valence-corrected chi connectivity index (χ1v) is 10.8. The van der Waals surface area contributed by atoms with Crippen LogP contribution in [-0.2, 0) is 9.59 Å². The van der Waals surface area contributed by atoms with E-state index in [4.69, 9.17) is 9.47 Å². The van der Waals surface area contributed by atoms with E-state index in [1.807, 2.05) is 45.9 Å². The fourth-order valence-corrected chi connectivity index (χ4v) is 3.28. The lowest BCUT2D eigenvalue weighted by Gasteiger charge is -2.19.